The summed E-state index contributed by atoms with van der Waals surface area (Å²) in [6, 6.07) is 10.7. The zero-order valence-corrected chi connectivity index (χ0v) is 29.0. The van der Waals surface area contributed by atoms with Gasteiger partial charge in [0.1, 0.15) is 6.04 Å². The molecule has 1 aromatic carbocycles. The molecule has 2 aliphatic carbocycles. The third-order valence-corrected chi connectivity index (χ3v) is 12.0. The van der Waals surface area contributed by atoms with E-state index in [9.17, 15) is 19.5 Å². The van der Waals surface area contributed by atoms with E-state index in [-0.39, 0.29) is 24.9 Å². The van der Waals surface area contributed by atoms with E-state index in [1.165, 1.54) is 66.8 Å². The van der Waals surface area contributed by atoms with Crippen LogP contribution in [-0.2, 0) is 22.4 Å². The Morgan fingerprint density at radius 2 is 1.67 bits per heavy atom. The molecule has 6 rings (SSSR count). The van der Waals surface area contributed by atoms with E-state index in [0.29, 0.717) is 17.1 Å². The Kier molecular flexibility index (Phi) is 11.0. The van der Waals surface area contributed by atoms with Crippen molar-refractivity contribution in [2.75, 3.05) is 13.1 Å². The van der Waals surface area contributed by atoms with Gasteiger partial charge in [-0.3, -0.25) is 14.4 Å². The Balaban J connectivity index is 1.07. The van der Waals surface area contributed by atoms with E-state index in [0.717, 1.165) is 58.6 Å². The monoisotopic (exact) mass is 668 g/mol. The molecule has 3 aliphatic rings. The number of benzene rings is 1. The molecule has 1 saturated heterocycles. The number of hydrogen-bond donors (Lipinski definition) is 2. The number of carbonyl (C=O) groups is 3. The third-order valence-electron chi connectivity index (χ3n) is 10.8. The summed E-state index contributed by atoms with van der Waals surface area (Å²) < 4.78 is 0. The molecule has 8 nitrogen and oxygen atoms in total. The maximum atomic E-state index is 13.4. The lowest BCUT2D eigenvalue weighted by Crippen LogP contribution is -2.59. The number of nitrogens with one attached hydrogen (secondary N) is 1. The summed E-state index contributed by atoms with van der Waals surface area (Å²) in [7, 11) is 0. The minimum absolute atomic E-state index is 0.156. The molecule has 0 spiro atoms. The average molecular weight is 669 g/mol. The second-order valence-electron chi connectivity index (χ2n) is 14.0. The summed E-state index contributed by atoms with van der Waals surface area (Å²) in [5.74, 6) is 1.28. The molecule has 2 aromatic heterocycles. The highest BCUT2D eigenvalue weighted by atomic mass is 32.1. The van der Waals surface area contributed by atoms with E-state index in [2.05, 4.69) is 18.3 Å². The molecular formula is C39H48N4O4S. The van der Waals surface area contributed by atoms with Gasteiger partial charge in [0.2, 0.25) is 5.91 Å². The lowest BCUT2D eigenvalue weighted by molar-refractivity contribution is -0.153. The predicted molar refractivity (Wildman–Crippen MR) is 190 cm³/mol. The molecule has 3 heterocycles. The molecule has 0 radical (unpaired) electrons. The van der Waals surface area contributed by atoms with Gasteiger partial charge in [-0.1, -0.05) is 69.9 Å². The van der Waals surface area contributed by atoms with Crippen LogP contribution < -0.4 is 5.32 Å². The van der Waals surface area contributed by atoms with Crippen molar-refractivity contribution < 1.29 is 19.5 Å². The van der Waals surface area contributed by atoms with Crippen molar-refractivity contribution in [3.63, 3.8) is 0 Å². The van der Waals surface area contributed by atoms with Crippen LogP contribution in [0.5, 0.6) is 0 Å². The number of carboxylic acid groups (broad SMARTS) is 1. The molecule has 254 valence electrons. The van der Waals surface area contributed by atoms with E-state index < -0.39 is 17.9 Å². The summed E-state index contributed by atoms with van der Waals surface area (Å²) in [5, 5.41) is 12.2. The van der Waals surface area contributed by atoms with Crippen LogP contribution in [0.25, 0.3) is 17.0 Å². The number of amides is 2. The highest BCUT2D eigenvalue weighted by Crippen LogP contribution is 2.42. The Hall–Kier alpha value is -3.85. The SMILES string of the molecule is CCC[C@H]1CC[C@H](C2CC=C(c3cnc(-c4ccc(C[C@H](NC(=O)c5ccc(CC)s5)C(=O)N5CC(C(=O)O)C5)cc4)nc3)CC2)CC1. The normalized spacial score (nSPS) is 22.0. The highest BCUT2D eigenvalue weighted by molar-refractivity contribution is 7.14. The number of likely N-dealkylation sites (tertiary alicyclic amines) is 1. The Morgan fingerprint density at radius 1 is 0.938 bits per heavy atom. The molecule has 0 bridgehead atoms. The van der Waals surface area contributed by atoms with E-state index in [4.69, 9.17) is 9.97 Å². The second kappa shape index (κ2) is 15.6. The first-order valence-corrected chi connectivity index (χ1v) is 18.6. The van der Waals surface area contributed by atoms with Crippen molar-refractivity contribution in [3.05, 3.63) is 75.7 Å². The summed E-state index contributed by atoms with van der Waals surface area (Å²) in [4.78, 5) is 50.4. The summed E-state index contributed by atoms with van der Waals surface area (Å²) >= 11 is 1.42. The number of aliphatic carboxylic acids is 1. The maximum absolute atomic E-state index is 13.4. The van der Waals surface area contributed by atoms with Crippen molar-refractivity contribution in [1.82, 2.24) is 20.2 Å². The van der Waals surface area contributed by atoms with Gasteiger partial charge < -0.3 is 15.3 Å². The van der Waals surface area contributed by atoms with Crippen molar-refractivity contribution >= 4 is 34.7 Å². The van der Waals surface area contributed by atoms with Gasteiger partial charge in [0.25, 0.3) is 5.91 Å². The quantitative estimate of drug-likeness (QED) is 0.208. The molecule has 2 atom stereocenters. The van der Waals surface area contributed by atoms with E-state index in [1.54, 1.807) is 6.07 Å². The molecule has 48 heavy (non-hydrogen) atoms. The van der Waals surface area contributed by atoms with Crippen molar-refractivity contribution in [2.45, 2.75) is 90.5 Å². The molecule has 1 unspecified atom stereocenters. The third kappa shape index (κ3) is 8.05. The Morgan fingerprint density at radius 3 is 2.27 bits per heavy atom. The van der Waals surface area contributed by atoms with Crippen LogP contribution in [0.15, 0.2) is 54.9 Å². The van der Waals surface area contributed by atoms with Crippen LogP contribution in [0.3, 0.4) is 0 Å². The van der Waals surface area contributed by atoms with Gasteiger partial charge in [-0.15, -0.1) is 11.3 Å². The number of allylic oxidation sites excluding steroid dienone is 2. The summed E-state index contributed by atoms with van der Waals surface area (Å²) in [6.45, 7) is 4.66. The minimum Gasteiger partial charge on any atom is -0.481 e. The van der Waals surface area contributed by atoms with Crippen LogP contribution in [0, 0.1) is 23.7 Å². The van der Waals surface area contributed by atoms with Crippen molar-refractivity contribution in [2.24, 2.45) is 23.7 Å². The van der Waals surface area contributed by atoms with Crippen molar-refractivity contribution in [3.8, 4) is 11.4 Å². The van der Waals surface area contributed by atoms with Gasteiger partial charge in [0.15, 0.2) is 5.82 Å². The maximum Gasteiger partial charge on any atom is 0.310 e. The average Bonchev–Trinajstić information content (AvgIpc) is 3.58. The number of nitrogens with zero attached hydrogens (tertiary/aromatic N) is 3. The van der Waals surface area contributed by atoms with Crippen LogP contribution in [-0.4, -0.2) is 56.9 Å². The van der Waals surface area contributed by atoms with Gasteiger partial charge in [-0.05, 0) is 79.5 Å². The standard InChI is InChI=1S/C39H48N4O4S/c1-3-5-25-6-10-27(11-7-25)28-14-16-29(17-15-28)31-21-40-36(41-22-31)30-12-8-26(9-13-30)20-34(38(45)43-23-32(24-43)39(46)47)42-37(44)35-19-18-33(4-2)48-35/h8-9,12-13,16,18-19,21-22,25,27-28,32,34H,3-7,10-11,14-15,17,20,23-24H2,1-2H3,(H,42,44)(H,46,47)/t25-,27-,28?,34-/m0/s1. The number of aromatic nitrogens is 2. The largest absolute Gasteiger partial charge is 0.481 e. The fourth-order valence-corrected chi connectivity index (χ4v) is 8.57. The summed E-state index contributed by atoms with van der Waals surface area (Å²) in [5.41, 5.74) is 4.22. The Labute approximate surface area is 288 Å². The van der Waals surface area contributed by atoms with Gasteiger partial charge in [0.05, 0.1) is 10.8 Å². The molecule has 2 amide bonds. The fourth-order valence-electron chi connectivity index (χ4n) is 7.72. The number of carboxylic acids is 1. The first-order chi connectivity index (χ1) is 23.3. The van der Waals surface area contributed by atoms with E-state index in [1.807, 2.05) is 49.6 Å². The zero-order valence-electron chi connectivity index (χ0n) is 28.2. The summed E-state index contributed by atoms with van der Waals surface area (Å²) in [6.07, 6.45) is 19.3. The number of hydrogen-bond acceptors (Lipinski definition) is 6. The first-order valence-electron chi connectivity index (χ1n) is 17.8. The zero-order chi connectivity index (χ0) is 33.6. The topological polar surface area (TPSA) is 112 Å². The molecule has 9 heteroatoms. The van der Waals surface area contributed by atoms with Crippen LogP contribution in [0.1, 0.15) is 97.3 Å². The second-order valence-corrected chi connectivity index (χ2v) is 15.1. The van der Waals surface area contributed by atoms with Crippen LogP contribution in [0.2, 0.25) is 0 Å². The van der Waals surface area contributed by atoms with Crippen molar-refractivity contribution in [1.29, 1.82) is 0 Å². The number of thiophene rings is 1. The molecule has 1 aliphatic heterocycles. The molecule has 3 aromatic rings. The van der Waals surface area contributed by atoms with E-state index >= 15 is 0 Å². The highest BCUT2D eigenvalue weighted by Gasteiger charge is 2.39. The fraction of sp³-hybridized carbons (Fsp3) is 0.513. The van der Waals surface area contributed by atoms with Crippen LogP contribution in [0.4, 0.5) is 0 Å². The molecule has 2 N–H and O–H groups in total. The lowest BCUT2D eigenvalue weighted by atomic mass is 9.70. The molecule has 2 fully saturated rings. The van der Waals surface area contributed by atoms with Gasteiger partial charge in [-0.25, -0.2) is 9.97 Å². The minimum atomic E-state index is -0.907. The number of rotatable bonds is 12. The van der Waals surface area contributed by atoms with Gasteiger partial charge in [0, 0.05) is 47.9 Å². The van der Waals surface area contributed by atoms with Gasteiger partial charge in [-0.2, -0.15) is 0 Å². The van der Waals surface area contributed by atoms with Gasteiger partial charge >= 0.3 is 5.97 Å². The lowest BCUT2D eigenvalue weighted by Gasteiger charge is -2.38. The Bertz CT molecular complexity index is 1600. The van der Waals surface area contributed by atoms with Crippen LogP contribution >= 0.6 is 11.3 Å². The number of carbonyl (C=O) groups excluding carboxylic acids is 2. The molecule has 1 saturated carbocycles. The smallest absolute Gasteiger partial charge is 0.310 e. The number of aryl methyl sites for hydroxylation is 1. The predicted octanol–water partition coefficient (Wildman–Crippen LogP) is 7.44. The molecular weight excluding hydrogens is 621 g/mol. The first kappa shape index (κ1) is 34.0.